The number of ether oxygens (including phenoxy) is 2. The molecule has 0 N–H and O–H groups in total. The average molecular weight is 276 g/mol. The molecule has 1 rings (SSSR count). The zero-order chi connectivity index (χ0) is 14.8. The fourth-order valence-electron chi connectivity index (χ4n) is 1.84. The number of benzene rings is 1. The molecule has 0 fully saturated rings. The Labute approximate surface area is 119 Å². The van der Waals surface area contributed by atoms with Crippen LogP contribution >= 0.6 is 0 Å². The van der Waals surface area contributed by atoms with E-state index in [1.807, 2.05) is 42.5 Å². The normalized spacial score (nSPS) is 10.8. The van der Waals surface area contributed by atoms with Crippen LogP contribution in [0.1, 0.15) is 24.8 Å². The van der Waals surface area contributed by atoms with Crippen LogP contribution in [-0.2, 0) is 19.1 Å². The predicted molar refractivity (Wildman–Crippen MR) is 76.8 cm³/mol. The fourth-order valence-corrected chi connectivity index (χ4v) is 1.84. The van der Waals surface area contributed by atoms with Crippen LogP contribution in [0.15, 0.2) is 36.4 Å². The molecule has 0 unspecified atom stereocenters. The molecule has 1 aromatic rings. The minimum atomic E-state index is -0.824. The number of carbonyl (C=O) groups excluding carboxylic acids is 2. The van der Waals surface area contributed by atoms with Crippen molar-refractivity contribution in [2.75, 3.05) is 14.2 Å². The van der Waals surface area contributed by atoms with Gasteiger partial charge in [-0.1, -0.05) is 42.5 Å². The van der Waals surface area contributed by atoms with Crippen molar-refractivity contribution in [1.82, 2.24) is 0 Å². The van der Waals surface area contributed by atoms with Gasteiger partial charge in [0, 0.05) is 0 Å². The summed E-state index contributed by atoms with van der Waals surface area (Å²) < 4.78 is 9.21. The molecule has 0 atom stereocenters. The maximum Gasteiger partial charge on any atom is 0.320 e. The Bertz CT molecular complexity index is 435. The highest BCUT2D eigenvalue weighted by Gasteiger charge is 2.27. The van der Waals surface area contributed by atoms with Crippen LogP contribution in [0.3, 0.4) is 0 Å². The van der Waals surface area contributed by atoms with Crippen molar-refractivity contribution in [3.8, 4) is 0 Å². The third kappa shape index (κ3) is 5.26. The fraction of sp³-hybridized carbons (Fsp3) is 0.375. The summed E-state index contributed by atoms with van der Waals surface area (Å²) in [5, 5.41) is 0. The van der Waals surface area contributed by atoms with Gasteiger partial charge in [0.25, 0.3) is 0 Å². The molecular formula is C16H20O4. The first-order chi connectivity index (χ1) is 9.69. The van der Waals surface area contributed by atoms with E-state index >= 15 is 0 Å². The van der Waals surface area contributed by atoms with Crippen LogP contribution in [0.25, 0.3) is 6.08 Å². The smallest absolute Gasteiger partial charge is 0.320 e. The molecular weight excluding hydrogens is 256 g/mol. The molecule has 20 heavy (non-hydrogen) atoms. The zero-order valence-electron chi connectivity index (χ0n) is 11.9. The van der Waals surface area contributed by atoms with Gasteiger partial charge in [0.05, 0.1) is 14.2 Å². The second-order valence-electron chi connectivity index (χ2n) is 4.34. The van der Waals surface area contributed by atoms with Gasteiger partial charge >= 0.3 is 11.9 Å². The Kier molecular flexibility index (Phi) is 7.11. The van der Waals surface area contributed by atoms with Crippen molar-refractivity contribution < 1.29 is 19.1 Å². The Balaban J connectivity index is 2.39. The van der Waals surface area contributed by atoms with Crippen molar-refractivity contribution in [2.45, 2.75) is 19.3 Å². The van der Waals surface area contributed by atoms with Crippen LogP contribution in [-0.4, -0.2) is 26.2 Å². The lowest BCUT2D eigenvalue weighted by Crippen LogP contribution is -2.26. The van der Waals surface area contributed by atoms with E-state index < -0.39 is 17.9 Å². The second-order valence-corrected chi connectivity index (χ2v) is 4.34. The van der Waals surface area contributed by atoms with E-state index in [4.69, 9.17) is 0 Å². The van der Waals surface area contributed by atoms with Gasteiger partial charge in [0.2, 0.25) is 0 Å². The van der Waals surface area contributed by atoms with Crippen molar-refractivity contribution in [3.63, 3.8) is 0 Å². The number of methoxy groups -OCH3 is 2. The summed E-state index contributed by atoms with van der Waals surface area (Å²) in [4.78, 5) is 22.9. The number of unbranched alkanes of at least 4 members (excludes halogenated alkanes) is 1. The molecule has 0 amide bonds. The average Bonchev–Trinajstić information content (AvgIpc) is 2.50. The number of allylic oxidation sites excluding steroid dienone is 1. The van der Waals surface area contributed by atoms with Gasteiger partial charge in [0.1, 0.15) is 0 Å². The van der Waals surface area contributed by atoms with Crippen molar-refractivity contribution >= 4 is 18.0 Å². The molecule has 4 heteroatoms. The van der Waals surface area contributed by atoms with E-state index in [0.717, 1.165) is 18.4 Å². The van der Waals surface area contributed by atoms with Gasteiger partial charge in [-0.05, 0) is 24.8 Å². The van der Waals surface area contributed by atoms with Crippen molar-refractivity contribution in [1.29, 1.82) is 0 Å². The van der Waals surface area contributed by atoms with Gasteiger partial charge in [-0.3, -0.25) is 9.59 Å². The highest BCUT2D eigenvalue weighted by Crippen LogP contribution is 2.13. The number of rotatable bonds is 7. The van der Waals surface area contributed by atoms with Gasteiger partial charge < -0.3 is 9.47 Å². The van der Waals surface area contributed by atoms with Crippen LogP contribution in [0.4, 0.5) is 0 Å². The molecule has 4 nitrogen and oxygen atoms in total. The third-order valence-corrected chi connectivity index (χ3v) is 2.94. The van der Waals surface area contributed by atoms with E-state index in [0.29, 0.717) is 6.42 Å². The first-order valence-corrected chi connectivity index (χ1v) is 6.56. The standard InChI is InChI=1S/C16H20O4/c1-19-15(17)14(16(18)20-2)12-8-4-7-11-13-9-5-3-6-10-13/h3,5-7,9-11,14H,4,8,12H2,1-2H3/b11-7+. The molecule has 1 aromatic carbocycles. The number of hydrogen-bond acceptors (Lipinski definition) is 4. The summed E-state index contributed by atoms with van der Waals surface area (Å²) >= 11 is 0. The second kappa shape index (κ2) is 8.91. The van der Waals surface area contributed by atoms with Crippen molar-refractivity contribution in [3.05, 3.63) is 42.0 Å². The van der Waals surface area contributed by atoms with Crippen molar-refractivity contribution in [2.24, 2.45) is 5.92 Å². The number of esters is 2. The molecule has 0 radical (unpaired) electrons. The minimum absolute atomic E-state index is 0.429. The SMILES string of the molecule is COC(=O)C(CCC/C=C/c1ccccc1)C(=O)OC. The van der Waals surface area contributed by atoms with E-state index in [1.165, 1.54) is 14.2 Å². The Hall–Kier alpha value is -2.10. The van der Waals surface area contributed by atoms with Crippen LogP contribution in [0, 0.1) is 5.92 Å². The summed E-state index contributed by atoms with van der Waals surface area (Å²) in [6.45, 7) is 0. The molecule has 0 aliphatic rings. The van der Waals surface area contributed by atoms with Crippen LogP contribution in [0.5, 0.6) is 0 Å². The molecule has 0 spiro atoms. The first kappa shape index (κ1) is 16.0. The van der Waals surface area contributed by atoms with Gasteiger partial charge in [-0.2, -0.15) is 0 Å². The minimum Gasteiger partial charge on any atom is -0.468 e. The van der Waals surface area contributed by atoms with Gasteiger partial charge in [0.15, 0.2) is 5.92 Å². The molecule has 0 aromatic heterocycles. The van der Waals surface area contributed by atoms with E-state index in [9.17, 15) is 9.59 Å². The maximum atomic E-state index is 11.5. The summed E-state index contributed by atoms with van der Waals surface area (Å²) in [6.07, 6.45) is 5.99. The number of carbonyl (C=O) groups is 2. The monoisotopic (exact) mass is 276 g/mol. The molecule has 0 saturated heterocycles. The largest absolute Gasteiger partial charge is 0.468 e. The summed E-state index contributed by atoms with van der Waals surface area (Å²) in [5.74, 6) is -1.90. The van der Waals surface area contributed by atoms with E-state index in [1.54, 1.807) is 0 Å². The quantitative estimate of drug-likeness (QED) is 0.436. The Morgan fingerprint density at radius 1 is 1.10 bits per heavy atom. The Morgan fingerprint density at radius 3 is 2.25 bits per heavy atom. The summed E-state index contributed by atoms with van der Waals surface area (Å²) in [7, 11) is 2.54. The van der Waals surface area contributed by atoms with E-state index in [-0.39, 0.29) is 0 Å². The lowest BCUT2D eigenvalue weighted by atomic mass is 10.0. The first-order valence-electron chi connectivity index (χ1n) is 6.56. The molecule has 0 bridgehead atoms. The Morgan fingerprint density at radius 2 is 1.70 bits per heavy atom. The summed E-state index contributed by atoms with van der Waals surface area (Å²) in [5.41, 5.74) is 1.13. The zero-order valence-corrected chi connectivity index (χ0v) is 11.9. The van der Waals surface area contributed by atoms with E-state index in [2.05, 4.69) is 9.47 Å². The molecule has 0 aliphatic heterocycles. The number of hydrogen-bond donors (Lipinski definition) is 0. The molecule has 0 aliphatic carbocycles. The van der Waals surface area contributed by atoms with Crippen LogP contribution in [0.2, 0.25) is 0 Å². The van der Waals surface area contributed by atoms with Crippen LogP contribution < -0.4 is 0 Å². The third-order valence-electron chi connectivity index (χ3n) is 2.94. The lowest BCUT2D eigenvalue weighted by Gasteiger charge is -2.11. The lowest BCUT2D eigenvalue weighted by molar-refractivity contribution is -0.159. The molecule has 0 heterocycles. The summed E-state index contributed by atoms with van der Waals surface area (Å²) in [6, 6.07) is 9.95. The van der Waals surface area contributed by atoms with Gasteiger partial charge in [-0.15, -0.1) is 0 Å². The molecule has 0 saturated carbocycles. The predicted octanol–water partition coefficient (Wildman–Crippen LogP) is 2.83. The highest BCUT2D eigenvalue weighted by atomic mass is 16.5. The topological polar surface area (TPSA) is 52.6 Å². The highest BCUT2D eigenvalue weighted by molar-refractivity contribution is 5.94. The maximum absolute atomic E-state index is 11.5. The molecule has 108 valence electrons. The van der Waals surface area contributed by atoms with Gasteiger partial charge in [-0.25, -0.2) is 0 Å².